The smallest absolute Gasteiger partial charge is 0.251 e. The molecule has 1 amide bonds. The summed E-state index contributed by atoms with van der Waals surface area (Å²) >= 11 is 0. The van der Waals surface area contributed by atoms with E-state index >= 15 is 0 Å². The third kappa shape index (κ3) is 4.90. The molecule has 0 bridgehead atoms. The van der Waals surface area contributed by atoms with Gasteiger partial charge in [0.2, 0.25) is 0 Å². The molecular formula is C17H26N4O3. The molecule has 2 fully saturated rings. The van der Waals surface area contributed by atoms with Crippen LogP contribution in [0.2, 0.25) is 0 Å². The van der Waals surface area contributed by atoms with Gasteiger partial charge >= 0.3 is 0 Å². The van der Waals surface area contributed by atoms with Crippen LogP contribution < -0.4 is 10.2 Å². The molecule has 2 aliphatic heterocycles. The van der Waals surface area contributed by atoms with E-state index in [-0.39, 0.29) is 5.91 Å². The SMILES string of the molecule is O=C(NCCCN1CCOCC1)c1ccnc(N2CCOCC2)c1. The first-order chi connectivity index (χ1) is 11.8. The number of ether oxygens (including phenoxy) is 2. The third-order valence-corrected chi connectivity index (χ3v) is 4.38. The molecule has 0 atom stereocenters. The number of carbonyl (C=O) groups excluding carboxylic acids is 1. The normalized spacial score (nSPS) is 19.2. The van der Waals surface area contributed by atoms with E-state index < -0.39 is 0 Å². The Morgan fingerprint density at radius 2 is 1.83 bits per heavy atom. The van der Waals surface area contributed by atoms with Crippen molar-refractivity contribution in [3.8, 4) is 0 Å². The zero-order valence-electron chi connectivity index (χ0n) is 14.1. The lowest BCUT2D eigenvalue weighted by Gasteiger charge is -2.28. The van der Waals surface area contributed by atoms with Crippen LogP contribution in [-0.2, 0) is 9.47 Å². The molecule has 3 rings (SSSR count). The highest BCUT2D eigenvalue weighted by molar-refractivity contribution is 5.94. The van der Waals surface area contributed by atoms with Crippen molar-refractivity contribution in [1.82, 2.24) is 15.2 Å². The molecule has 24 heavy (non-hydrogen) atoms. The number of hydrogen-bond acceptors (Lipinski definition) is 6. The van der Waals surface area contributed by atoms with Crippen LogP contribution in [0.4, 0.5) is 5.82 Å². The fourth-order valence-electron chi connectivity index (χ4n) is 2.96. The molecule has 132 valence electrons. The average Bonchev–Trinajstić information content (AvgIpc) is 2.67. The van der Waals surface area contributed by atoms with Crippen LogP contribution in [0.5, 0.6) is 0 Å². The van der Waals surface area contributed by atoms with E-state index in [2.05, 4.69) is 20.1 Å². The minimum Gasteiger partial charge on any atom is -0.379 e. The number of amides is 1. The van der Waals surface area contributed by atoms with E-state index in [0.29, 0.717) is 25.3 Å². The Bertz CT molecular complexity index is 528. The lowest BCUT2D eigenvalue weighted by molar-refractivity contribution is 0.0374. The number of nitrogens with zero attached hydrogens (tertiary/aromatic N) is 3. The fraction of sp³-hybridized carbons (Fsp3) is 0.647. The quantitative estimate of drug-likeness (QED) is 0.758. The average molecular weight is 334 g/mol. The second kappa shape index (κ2) is 8.96. The van der Waals surface area contributed by atoms with Gasteiger partial charge in [-0.3, -0.25) is 9.69 Å². The van der Waals surface area contributed by atoms with Gasteiger partial charge in [-0.05, 0) is 25.1 Å². The van der Waals surface area contributed by atoms with Gasteiger partial charge in [-0.15, -0.1) is 0 Å². The Morgan fingerprint density at radius 3 is 2.58 bits per heavy atom. The van der Waals surface area contributed by atoms with Gasteiger partial charge < -0.3 is 19.7 Å². The van der Waals surface area contributed by atoms with Crippen LogP contribution in [0.3, 0.4) is 0 Å². The van der Waals surface area contributed by atoms with Crippen LogP contribution in [-0.4, -0.2) is 81.5 Å². The molecule has 2 saturated heterocycles. The Balaban J connectivity index is 1.44. The molecule has 3 heterocycles. The Kier molecular flexibility index (Phi) is 6.40. The van der Waals surface area contributed by atoms with Crippen LogP contribution in [0, 0.1) is 0 Å². The Morgan fingerprint density at radius 1 is 1.12 bits per heavy atom. The first kappa shape index (κ1) is 17.1. The van der Waals surface area contributed by atoms with Crippen molar-refractivity contribution in [3.63, 3.8) is 0 Å². The molecule has 7 nitrogen and oxygen atoms in total. The van der Waals surface area contributed by atoms with Crippen molar-refractivity contribution in [1.29, 1.82) is 0 Å². The van der Waals surface area contributed by atoms with Gasteiger partial charge in [0.25, 0.3) is 5.91 Å². The Hall–Kier alpha value is -1.70. The molecule has 1 N–H and O–H groups in total. The molecule has 0 radical (unpaired) electrons. The van der Waals surface area contributed by atoms with Crippen LogP contribution in [0.25, 0.3) is 0 Å². The van der Waals surface area contributed by atoms with Gasteiger partial charge in [0, 0.05) is 44.5 Å². The summed E-state index contributed by atoms with van der Waals surface area (Å²) in [5.74, 6) is 0.813. The summed E-state index contributed by atoms with van der Waals surface area (Å²) in [7, 11) is 0. The number of nitrogens with one attached hydrogen (secondary N) is 1. The molecule has 0 aliphatic carbocycles. The summed E-state index contributed by atoms with van der Waals surface area (Å²) in [6, 6.07) is 3.63. The van der Waals surface area contributed by atoms with Crippen molar-refractivity contribution in [3.05, 3.63) is 23.9 Å². The van der Waals surface area contributed by atoms with Crippen molar-refractivity contribution in [2.45, 2.75) is 6.42 Å². The third-order valence-electron chi connectivity index (χ3n) is 4.38. The highest BCUT2D eigenvalue weighted by Crippen LogP contribution is 2.14. The number of hydrogen-bond donors (Lipinski definition) is 1. The largest absolute Gasteiger partial charge is 0.379 e. The summed E-state index contributed by atoms with van der Waals surface area (Å²) in [5.41, 5.74) is 0.665. The molecule has 1 aromatic rings. The van der Waals surface area contributed by atoms with Crippen molar-refractivity contribution in [2.75, 3.05) is 70.6 Å². The van der Waals surface area contributed by atoms with E-state index in [1.165, 1.54) is 0 Å². The topological polar surface area (TPSA) is 66.9 Å². The minimum atomic E-state index is -0.0334. The summed E-state index contributed by atoms with van der Waals surface area (Å²) in [4.78, 5) is 21.2. The number of rotatable bonds is 6. The van der Waals surface area contributed by atoms with Crippen molar-refractivity contribution in [2.24, 2.45) is 0 Å². The van der Waals surface area contributed by atoms with E-state index in [0.717, 1.165) is 58.2 Å². The maximum atomic E-state index is 12.3. The summed E-state index contributed by atoms with van der Waals surface area (Å²) in [5, 5.41) is 3.00. The number of aromatic nitrogens is 1. The van der Waals surface area contributed by atoms with E-state index in [1.807, 2.05) is 6.07 Å². The van der Waals surface area contributed by atoms with Gasteiger partial charge in [-0.1, -0.05) is 0 Å². The van der Waals surface area contributed by atoms with Gasteiger partial charge in [0.1, 0.15) is 5.82 Å². The maximum absolute atomic E-state index is 12.3. The zero-order valence-corrected chi connectivity index (χ0v) is 14.1. The van der Waals surface area contributed by atoms with Crippen molar-refractivity contribution < 1.29 is 14.3 Å². The fourth-order valence-corrected chi connectivity index (χ4v) is 2.96. The standard InChI is InChI=1S/C17H26N4O3/c22-17(19-3-1-5-20-6-10-23-11-7-20)15-2-4-18-16(14-15)21-8-12-24-13-9-21/h2,4,14H,1,3,5-13H2,(H,19,22). The maximum Gasteiger partial charge on any atom is 0.251 e. The van der Waals surface area contributed by atoms with Gasteiger partial charge in [0.05, 0.1) is 26.4 Å². The van der Waals surface area contributed by atoms with Gasteiger partial charge in [-0.2, -0.15) is 0 Å². The number of morpholine rings is 2. The number of anilines is 1. The Labute approximate surface area is 142 Å². The van der Waals surface area contributed by atoms with Crippen LogP contribution >= 0.6 is 0 Å². The highest BCUT2D eigenvalue weighted by Gasteiger charge is 2.15. The summed E-state index contributed by atoms with van der Waals surface area (Å²) < 4.78 is 10.7. The predicted molar refractivity (Wildman–Crippen MR) is 91.5 cm³/mol. The predicted octanol–water partition coefficient (Wildman–Crippen LogP) is 0.370. The molecule has 0 unspecified atom stereocenters. The lowest BCUT2D eigenvalue weighted by atomic mass is 10.2. The van der Waals surface area contributed by atoms with E-state index in [1.54, 1.807) is 12.3 Å². The monoisotopic (exact) mass is 334 g/mol. The second-order valence-corrected chi connectivity index (χ2v) is 6.07. The van der Waals surface area contributed by atoms with Crippen molar-refractivity contribution >= 4 is 11.7 Å². The minimum absolute atomic E-state index is 0.0334. The molecule has 0 spiro atoms. The second-order valence-electron chi connectivity index (χ2n) is 6.07. The molecule has 1 aromatic heterocycles. The number of carbonyl (C=O) groups is 1. The van der Waals surface area contributed by atoms with Crippen LogP contribution in [0.1, 0.15) is 16.8 Å². The molecular weight excluding hydrogens is 308 g/mol. The zero-order chi connectivity index (χ0) is 16.6. The van der Waals surface area contributed by atoms with E-state index in [4.69, 9.17) is 9.47 Å². The lowest BCUT2D eigenvalue weighted by Crippen LogP contribution is -2.38. The molecule has 2 aliphatic rings. The van der Waals surface area contributed by atoms with Crippen LogP contribution in [0.15, 0.2) is 18.3 Å². The van der Waals surface area contributed by atoms with Gasteiger partial charge in [-0.25, -0.2) is 4.98 Å². The first-order valence-corrected chi connectivity index (χ1v) is 8.70. The van der Waals surface area contributed by atoms with E-state index in [9.17, 15) is 4.79 Å². The number of pyridine rings is 1. The summed E-state index contributed by atoms with van der Waals surface area (Å²) in [6.07, 6.45) is 2.65. The molecule has 0 aromatic carbocycles. The first-order valence-electron chi connectivity index (χ1n) is 8.70. The molecule has 7 heteroatoms. The molecule has 0 saturated carbocycles. The highest BCUT2D eigenvalue weighted by atomic mass is 16.5. The van der Waals surface area contributed by atoms with Gasteiger partial charge in [0.15, 0.2) is 0 Å². The summed E-state index contributed by atoms with van der Waals surface area (Å²) in [6.45, 7) is 8.34.